The van der Waals surface area contributed by atoms with E-state index in [1.54, 1.807) is 4.90 Å². The summed E-state index contributed by atoms with van der Waals surface area (Å²) in [7, 11) is 0. The van der Waals surface area contributed by atoms with Crippen molar-refractivity contribution < 1.29 is 14.7 Å². The van der Waals surface area contributed by atoms with Crippen molar-refractivity contribution in [2.75, 3.05) is 13.1 Å². The predicted molar refractivity (Wildman–Crippen MR) is 125 cm³/mol. The van der Waals surface area contributed by atoms with E-state index in [1.165, 1.54) is 0 Å². The number of hydrogen-bond acceptors (Lipinski definition) is 2. The first-order valence-electron chi connectivity index (χ1n) is 11.4. The Bertz CT molecular complexity index is 628. The van der Waals surface area contributed by atoms with Gasteiger partial charge in [-0.05, 0) is 57.8 Å². The Kier molecular flexibility index (Phi) is 15.0. The zero-order chi connectivity index (χ0) is 21.9. The number of amides is 1. The number of nitrogens with zero attached hydrogens (tertiary/aromatic N) is 1. The van der Waals surface area contributed by atoms with Gasteiger partial charge in [0.05, 0.1) is 5.92 Å². The third kappa shape index (κ3) is 13.0. The molecule has 0 aromatic rings. The van der Waals surface area contributed by atoms with Crippen LogP contribution in [-0.2, 0) is 9.59 Å². The molecule has 4 heteroatoms. The smallest absolute Gasteiger partial charge is 0.308 e. The van der Waals surface area contributed by atoms with E-state index >= 15 is 0 Å². The van der Waals surface area contributed by atoms with E-state index in [0.717, 1.165) is 51.4 Å². The Morgan fingerprint density at radius 1 is 0.867 bits per heavy atom. The van der Waals surface area contributed by atoms with Gasteiger partial charge in [0, 0.05) is 19.5 Å². The number of piperidine rings is 1. The van der Waals surface area contributed by atoms with Crippen LogP contribution in [0.1, 0.15) is 71.1 Å². The molecule has 1 unspecified atom stereocenters. The van der Waals surface area contributed by atoms with Gasteiger partial charge in [0.25, 0.3) is 0 Å². The van der Waals surface area contributed by atoms with Gasteiger partial charge in [-0.3, -0.25) is 9.59 Å². The van der Waals surface area contributed by atoms with Crippen LogP contribution in [0.15, 0.2) is 60.8 Å². The lowest BCUT2D eigenvalue weighted by Gasteiger charge is -2.30. The van der Waals surface area contributed by atoms with E-state index in [1.807, 2.05) is 0 Å². The van der Waals surface area contributed by atoms with Crippen LogP contribution < -0.4 is 0 Å². The van der Waals surface area contributed by atoms with Crippen LogP contribution in [0.3, 0.4) is 0 Å². The average molecular weight is 414 g/mol. The number of hydrogen-bond donors (Lipinski definition) is 1. The van der Waals surface area contributed by atoms with Gasteiger partial charge in [-0.2, -0.15) is 0 Å². The Morgan fingerprint density at radius 2 is 1.40 bits per heavy atom. The molecule has 0 aliphatic carbocycles. The van der Waals surface area contributed by atoms with Crippen molar-refractivity contribution in [1.29, 1.82) is 0 Å². The Balaban J connectivity index is 2.03. The second kappa shape index (κ2) is 17.5. The van der Waals surface area contributed by atoms with Gasteiger partial charge in [-0.1, -0.05) is 67.7 Å². The minimum Gasteiger partial charge on any atom is -0.481 e. The quantitative estimate of drug-likeness (QED) is 0.271. The molecule has 166 valence electrons. The zero-order valence-corrected chi connectivity index (χ0v) is 18.5. The first kappa shape index (κ1) is 25.7. The van der Waals surface area contributed by atoms with Crippen LogP contribution in [0.2, 0.25) is 0 Å². The zero-order valence-electron chi connectivity index (χ0n) is 18.5. The largest absolute Gasteiger partial charge is 0.481 e. The Labute approximate surface area is 182 Å². The van der Waals surface area contributed by atoms with Crippen LogP contribution in [0.4, 0.5) is 0 Å². The van der Waals surface area contributed by atoms with Crippen molar-refractivity contribution in [3.63, 3.8) is 0 Å². The highest BCUT2D eigenvalue weighted by Crippen LogP contribution is 2.18. The molecule has 0 saturated carbocycles. The number of rotatable bonds is 14. The van der Waals surface area contributed by atoms with Crippen molar-refractivity contribution in [1.82, 2.24) is 4.90 Å². The monoisotopic (exact) mass is 413 g/mol. The fourth-order valence-corrected chi connectivity index (χ4v) is 3.30. The SMILES string of the molecule is CCC=CCC=CCC=CCC=CCC=CCCCC(=O)N1CCCC(C(=O)O)C1. The van der Waals surface area contributed by atoms with Crippen LogP contribution in [0.5, 0.6) is 0 Å². The van der Waals surface area contributed by atoms with E-state index in [4.69, 9.17) is 5.11 Å². The standard InChI is InChI=1S/C26H39NO3/c1-2-3-4-5-6-7-8-9-10-11-12-13-14-15-16-17-18-21-25(28)27-22-19-20-24(23-27)26(29)30/h3-4,6-7,9-10,12-13,15-16,24H,2,5,8,11,14,17-23H2,1H3,(H,29,30). The molecule has 0 aromatic carbocycles. The number of aliphatic carboxylic acids is 1. The number of carbonyl (C=O) groups is 2. The maximum atomic E-state index is 12.2. The molecule has 1 N–H and O–H groups in total. The van der Waals surface area contributed by atoms with E-state index in [-0.39, 0.29) is 5.91 Å². The summed E-state index contributed by atoms with van der Waals surface area (Å²) in [4.78, 5) is 25.0. The van der Waals surface area contributed by atoms with Crippen molar-refractivity contribution >= 4 is 11.9 Å². The van der Waals surface area contributed by atoms with E-state index in [2.05, 4.69) is 67.7 Å². The molecule has 30 heavy (non-hydrogen) atoms. The lowest BCUT2D eigenvalue weighted by molar-refractivity contribution is -0.145. The summed E-state index contributed by atoms with van der Waals surface area (Å²) in [5, 5.41) is 9.11. The predicted octanol–water partition coefficient (Wildman–Crippen LogP) is 6.23. The Morgan fingerprint density at radius 3 is 1.93 bits per heavy atom. The number of unbranched alkanes of at least 4 members (excludes halogenated alkanes) is 1. The van der Waals surface area contributed by atoms with Crippen molar-refractivity contribution in [2.45, 2.75) is 71.1 Å². The summed E-state index contributed by atoms with van der Waals surface area (Å²) in [6.45, 7) is 3.21. The molecule has 0 spiro atoms. The number of carbonyl (C=O) groups excluding carboxylic acids is 1. The molecule has 4 nitrogen and oxygen atoms in total. The minimum atomic E-state index is -0.786. The van der Waals surface area contributed by atoms with Gasteiger partial charge < -0.3 is 10.0 Å². The first-order valence-corrected chi connectivity index (χ1v) is 11.4. The molecule has 1 heterocycles. The molecule has 1 amide bonds. The maximum absolute atomic E-state index is 12.2. The van der Waals surface area contributed by atoms with Crippen LogP contribution >= 0.6 is 0 Å². The number of allylic oxidation sites excluding steroid dienone is 10. The first-order chi connectivity index (χ1) is 14.6. The summed E-state index contributed by atoms with van der Waals surface area (Å²) in [5.74, 6) is -1.09. The molecule has 1 fully saturated rings. The van der Waals surface area contributed by atoms with Gasteiger partial charge in [-0.15, -0.1) is 0 Å². The molecular formula is C26H39NO3. The molecule has 1 aliphatic heterocycles. The lowest BCUT2D eigenvalue weighted by Crippen LogP contribution is -2.42. The second-order valence-corrected chi connectivity index (χ2v) is 7.62. The van der Waals surface area contributed by atoms with Crippen LogP contribution in [-0.4, -0.2) is 35.0 Å². The topological polar surface area (TPSA) is 57.6 Å². The molecule has 0 bridgehead atoms. The highest BCUT2D eigenvalue weighted by molar-refractivity contribution is 5.78. The summed E-state index contributed by atoms with van der Waals surface area (Å²) in [6, 6.07) is 0. The third-order valence-corrected chi connectivity index (χ3v) is 5.04. The van der Waals surface area contributed by atoms with Gasteiger partial charge in [0.1, 0.15) is 0 Å². The fraction of sp³-hybridized carbons (Fsp3) is 0.538. The number of carboxylic acids is 1. The van der Waals surface area contributed by atoms with Gasteiger partial charge in [-0.25, -0.2) is 0 Å². The van der Waals surface area contributed by atoms with Crippen LogP contribution in [0, 0.1) is 5.92 Å². The minimum absolute atomic E-state index is 0.0910. The number of likely N-dealkylation sites (tertiary alicyclic amines) is 1. The van der Waals surface area contributed by atoms with E-state index < -0.39 is 11.9 Å². The van der Waals surface area contributed by atoms with Crippen LogP contribution in [0.25, 0.3) is 0 Å². The highest BCUT2D eigenvalue weighted by Gasteiger charge is 2.27. The van der Waals surface area contributed by atoms with Crippen molar-refractivity contribution in [3.8, 4) is 0 Å². The molecular weight excluding hydrogens is 374 g/mol. The average Bonchev–Trinajstić information content (AvgIpc) is 2.75. The molecule has 1 atom stereocenters. The molecule has 0 aromatic heterocycles. The molecule has 0 radical (unpaired) electrons. The van der Waals surface area contributed by atoms with E-state index in [0.29, 0.717) is 25.9 Å². The molecule has 1 aliphatic rings. The Hall–Kier alpha value is -2.36. The summed E-state index contributed by atoms with van der Waals surface area (Å²) < 4.78 is 0. The summed E-state index contributed by atoms with van der Waals surface area (Å²) in [5.41, 5.74) is 0. The lowest BCUT2D eigenvalue weighted by atomic mass is 9.98. The third-order valence-electron chi connectivity index (χ3n) is 5.04. The molecule has 1 rings (SSSR count). The normalized spacial score (nSPS) is 18.0. The van der Waals surface area contributed by atoms with Gasteiger partial charge >= 0.3 is 5.97 Å². The number of carboxylic acid groups (broad SMARTS) is 1. The van der Waals surface area contributed by atoms with E-state index in [9.17, 15) is 9.59 Å². The second-order valence-electron chi connectivity index (χ2n) is 7.62. The summed E-state index contributed by atoms with van der Waals surface area (Å²) in [6.07, 6.45) is 30.4. The van der Waals surface area contributed by atoms with Gasteiger partial charge in [0.15, 0.2) is 0 Å². The fourth-order valence-electron chi connectivity index (χ4n) is 3.30. The molecule has 1 saturated heterocycles. The van der Waals surface area contributed by atoms with Gasteiger partial charge in [0.2, 0.25) is 5.91 Å². The maximum Gasteiger partial charge on any atom is 0.308 e. The summed E-state index contributed by atoms with van der Waals surface area (Å²) >= 11 is 0. The van der Waals surface area contributed by atoms with Crippen molar-refractivity contribution in [3.05, 3.63) is 60.8 Å². The van der Waals surface area contributed by atoms with Crippen molar-refractivity contribution in [2.24, 2.45) is 5.92 Å². The highest BCUT2D eigenvalue weighted by atomic mass is 16.4.